The number of hydrogen-bond acceptors (Lipinski definition) is 3. The number of ether oxygens (including phenoxy) is 1. The second kappa shape index (κ2) is 11.0. The van der Waals surface area contributed by atoms with Crippen LogP contribution in [0.2, 0.25) is 0 Å². The van der Waals surface area contributed by atoms with Gasteiger partial charge in [-0.05, 0) is 37.5 Å². The van der Waals surface area contributed by atoms with Gasteiger partial charge in [0, 0.05) is 26.3 Å². The van der Waals surface area contributed by atoms with Gasteiger partial charge >= 0.3 is 0 Å². The average Bonchev–Trinajstić information content (AvgIpc) is 2.99. The second-order valence-corrected chi connectivity index (χ2v) is 5.77. The Morgan fingerprint density at radius 1 is 1.20 bits per heavy atom. The minimum atomic E-state index is 0. The van der Waals surface area contributed by atoms with Crippen LogP contribution in [0.25, 0.3) is 0 Å². The van der Waals surface area contributed by atoms with Gasteiger partial charge in [-0.2, -0.15) is 5.10 Å². The number of nitrogens with zero attached hydrogens (tertiary/aromatic N) is 3. The third-order valence-corrected chi connectivity index (χ3v) is 3.74. The molecule has 0 aliphatic carbocycles. The lowest BCUT2D eigenvalue weighted by atomic mass is 10.1. The van der Waals surface area contributed by atoms with E-state index in [1.165, 1.54) is 16.7 Å². The Labute approximate surface area is 167 Å². The summed E-state index contributed by atoms with van der Waals surface area (Å²) in [6.07, 6.45) is 4.77. The van der Waals surface area contributed by atoms with E-state index in [0.717, 1.165) is 37.8 Å². The minimum absolute atomic E-state index is 0. The molecule has 6 nitrogen and oxygen atoms in total. The van der Waals surface area contributed by atoms with Gasteiger partial charge in [-0.3, -0.25) is 9.67 Å². The molecule has 25 heavy (non-hydrogen) atoms. The van der Waals surface area contributed by atoms with Crippen molar-refractivity contribution in [1.29, 1.82) is 0 Å². The molecular formula is C18H28IN5O. The van der Waals surface area contributed by atoms with E-state index in [0.29, 0.717) is 0 Å². The molecule has 0 saturated carbocycles. The van der Waals surface area contributed by atoms with Crippen LogP contribution in [-0.4, -0.2) is 43.0 Å². The molecule has 0 fully saturated rings. The molecule has 0 unspecified atom stereocenters. The minimum Gasteiger partial charge on any atom is -0.496 e. The first-order chi connectivity index (χ1) is 11.6. The normalized spacial score (nSPS) is 11.0. The van der Waals surface area contributed by atoms with Crippen LogP contribution >= 0.6 is 24.0 Å². The fourth-order valence-corrected chi connectivity index (χ4v) is 2.52. The van der Waals surface area contributed by atoms with Crippen LogP contribution in [0.1, 0.15) is 16.7 Å². The molecule has 138 valence electrons. The quantitative estimate of drug-likeness (QED) is 0.381. The van der Waals surface area contributed by atoms with Gasteiger partial charge in [-0.25, -0.2) is 0 Å². The highest BCUT2D eigenvalue weighted by Crippen LogP contribution is 2.19. The molecule has 1 aromatic heterocycles. The van der Waals surface area contributed by atoms with Crippen molar-refractivity contribution in [2.24, 2.45) is 4.99 Å². The number of halogens is 1. The van der Waals surface area contributed by atoms with Crippen molar-refractivity contribution >= 4 is 29.9 Å². The SMILES string of the molecule is CN=C(NCCc1cc(C)ccc1OC)NCCn1cc(C)cn1.I. The van der Waals surface area contributed by atoms with Gasteiger partial charge in [0.1, 0.15) is 5.75 Å². The summed E-state index contributed by atoms with van der Waals surface area (Å²) in [4.78, 5) is 4.25. The number of aliphatic imine (C=N–C) groups is 1. The zero-order valence-corrected chi connectivity index (χ0v) is 17.7. The molecule has 1 heterocycles. The predicted molar refractivity (Wildman–Crippen MR) is 113 cm³/mol. The summed E-state index contributed by atoms with van der Waals surface area (Å²) < 4.78 is 7.34. The Morgan fingerprint density at radius 2 is 1.96 bits per heavy atom. The predicted octanol–water partition coefficient (Wildman–Crippen LogP) is 2.53. The molecular weight excluding hydrogens is 429 g/mol. The first-order valence-corrected chi connectivity index (χ1v) is 8.19. The van der Waals surface area contributed by atoms with Crippen molar-refractivity contribution in [3.63, 3.8) is 0 Å². The lowest BCUT2D eigenvalue weighted by Crippen LogP contribution is -2.39. The number of methoxy groups -OCH3 is 1. The van der Waals surface area contributed by atoms with E-state index >= 15 is 0 Å². The van der Waals surface area contributed by atoms with E-state index in [4.69, 9.17) is 4.74 Å². The van der Waals surface area contributed by atoms with Gasteiger partial charge in [0.2, 0.25) is 0 Å². The van der Waals surface area contributed by atoms with E-state index in [9.17, 15) is 0 Å². The van der Waals surface area contributed by atoms with Crippen LogP contribution in [0.15, 0.2) is 35.6 Å². The molecule has 0 radical (unpaired) electrons. The molecule has 0 aliphatic heterocycles. The second-order valence-electron chi connectivity index (χ2n) is 5.77. The van der Waals surface area contributed by atoms with Crippen LogP contribution in [0.5, 0.6) is 5.75 Å². The Hall–Kier alpha value is -1.77. The number of benzene rings is 1. The molecule has 2 N–H and O–H groups in total. The van der Waals surface area contributed by atoms with Gasteiger partial charge in [-0.1, -0.05) is 17.7 Å². The van der Waals surface area contributed by atoms with E-state index < -0.39 is 0 Å². The van der Waals surface area contributed by atoms with Crippen LogP contribution in [-0.2, 0) is 13.0 Å². The van der Waals surface area contributed by atoms with Crippen molar-refractivity contribution in [2.75, 3.05) is 27.2 Å². The average molecular weight is 457 g/mol. The molecule has 7 heteroatoms. The maximum absolute atomic E-state index is 5.42. The summed E-state index contributed by atoms with van der Waals surface area (Å²) in [7, 11) is 3.49. The Balaban J connectivity index is 0.00000312. The largest absolute Gasteiger partial charge is 0.496 e. The summed E-state index contributed by atoms with van der Waals surface area (Å²) in [5, 5.41) is 10.9. The van der Waals surface area contributed by atoms with E-state index in [-0.39, 0.29) is 24.0 Å². The lowest BCUT2D eigenvalue weighted by Gasteiger charge is -2.13. The highest BCUT2D eigenvalue weighted by atomic mass is 127. The smallest absolute Gasteiger partial charge is 0.191 e. The highest BCUT2D eigenvalue weighted by molar-refractivity contribution is 14.0. The van der Waals surface area contributed by atoms with Crippen molar-refractivity contribution in [3.8, 4) is 5.75 Å². The molecule has 2 aromatic rings. The van der Waals surface area contributed by atoms with Gasteiger partial charge in [0.25, 0.3) is 0 Å². The maximum Gasteiger partial charge on any atom is 0.191 e. The van der Waals surface area contributed by atoms with Gasteiger partial charge in [0.05, 0.1) is 19.9 Å². The molecule has 0 amide bonds. The molecule has 0 aliphatic rings. The van der Waals surface area contributed by atoms with Gasteiger partial charge in [0.15, 0.2) is 5.96 Å². The van der Waals surface area contributed by atoms with E-state index in [2.05, 4.69) is 39.8 Å². The zero-order chi connectivity index (χ0) is 17.4. The number of guanidine groups is 1. The monoisotopic (exact) mass is 457 g/mol. The number of rotatable bonds is 7. The zero-order valence-electron chi connectivity index (χ0n) is 15.4. The molecule has 2 rings (SSSR count). The third-order valence-electron chi connectivity index (χ3n) is 3.74. The summed E-state index contributed by atoms with van der Waals surface area (Å²) in [5.74, 6) is 1.73. The molecule has 0 atom stereocenters. The molecule has 0 spiro atoms. The Morgan fingerprint density at radius 3 is 2.60 bits per heavy atom. The Kier molecular flexibility index (Phi) is 9.33. The number of hydrogen-bond donors (Lipinski definition) is 2. The topological polar surface area (TPSA) is 63.5 Å². The fourth-order valence-electron chi connectivity index (χ4n) is 2.52. The summed E-state index contributed by atoms with van der Waals surface area (Å²) in [6.45, 7) is 6.50. The van der Waals surface area contributed by atoms with E-state index in [1.54, 1.807) is 14.2 Å². The number of nitrogens with one attached hydrogen (secondary N) is 2. The lowest BCUT2D eigenvalue weighted by molar-refractivity contribution is 0.409. The maximum atomic E-state index is 5.42. The highest BCUT2D eigenvalue weighted by Gasteiger charge is 2.04. The van der Waals surface area contributed by atoms with Crippen LogP contribution in [0, 0.1) is 13.8 Å². The standard InChI is InChI=1S/C18H27N5O.HI/c1-14-5-6-17(24-4)16(11-14)7-8-20-18(19-3)21-9-10-23-13-15(2)12-22-23;/h5-6,11-13H,7-10H2,1-4H3,(H2,19,20,21);1H. The molecule has 0 saturated heterocycles. The third kappa shape index (κ3) is 6.93. The van der Waals surface area contributed by atoms with Crippen molar-refractivity contribution in [3.05, 3.63) is 47.3 Å². The Bertz CT molecular complexity index is 684. The van der Waals surface area contributed by atoms with E-state index in [1.807, 2.05) is 30.1 Å². The van der Waals surface area contributed by atoms with Gasteiger partial charge in [-0.15, -0.1) is 24.0 Å². The summed E-state index contributed by atoms with van der Waals surface area (Å²) in [6, 6.07) is 6.24. The van der Waals surface area contributed by atoms with Crippen molar-refractivity contribution in [2.45, 2.75) is 26.8 Å². The van der Waals surface area contributed by atoms with Gasteiger partial charge < -0.3 is 15.4 Å². The fraction of sp³-hybridized carbons (Fsp3) is 0.444. The number of aromatic nitrogens is 2. The van der Waals surface area contributed by atoms with Crippen LogP contribution in [0.3, 0.4) is 0 Å². The summed E-state index contributed by atoms with van der Waals surface area (Å²) >= 11 is 0. The number of aryl methyl sites for hydroxylation is 2. The first-order valence-electron chi connectivity index (χ1n) is 8.19. The van der Waals surface area contributed by atoms with Crippen molar-refractivity contribution < 1.29 is 4.74 Å². The molecule has 0 bridgehead atoms. The van der Waals surface area contributed by atoms with Crippen LogP contribution < -0.4 is 15.4 Å². The molecule has 1 aromatic carbocycles. The van der Waals surface area contributed by atoms with Crippen molar-refractivity contribution in [1.82, 2.24) is 20.4 Å². The first kappa shape index (κ1) is 21.3. The van der Waals surface area contributed by atoms with Crippen LogP contribution in [0.4, 0.5) is 0 Å². The summed E-state index contributed by atoms with van der Waals surface area (Å²) in [5.41, 5.74) is 3.61.